The molecule has 0 fully saturated rings. The monoisotopic (exact) mass is 252 g/mol. The van der Waals surface area contributed by atoms with Crippen LogP contribution in [0.1, 0.15) is 32.0 Å². The van der Waals surface area contributed by atoms with Crippen LogP contribution in [0.3, 0.4) is 0 Å². The van der Waals surface area contributed by atoms with Crippen molar-refractivity contribution in [1.29, 1.82) is 5.26 Å². The summed E-state index contributed by atoms with van der Waals surface area (Å²) in [4.78, 5) is 4.07. The molecule has 0 aliphatic heterocycles. The second-order valence-corrected chi connectivity index (χ2v) is 5.35. The van der Waals surface area contributed by atoms with E-state index >= 15 is 0 Å². The van der Waals surface area contributed by atoms with Crippen LogP contribution in [-0.4, -0.2) is 4.98 Å². The highest BCUT2D eigenvalue weighted by Gasteiger charge is 2.13. The topological polar surface area (TPSA) is 45.9 Å². The van der Waals surface area contributed by atoms with Gasteiger partial charge in [0.15, 0.2) is 0 Å². The first-order valence-electron chi connectivity index (χ1n) is 6.14. The molecule has 0 aliphatic carbocycles. The number of nitriles is 1. The fourth-order valence-electron chi connectivity index (χ4n) is 1.68. The van der Waals surface area contributed by atoms with Crippen molar-refractivity contribution in [3.8, 4) is 17.7 Å². The summed E-state index contributed by atoms with van der Waals surface area (Å²) in [6, 6.07) is 15.1. The van der Waals surface area contributed by atoms with Crippen molar-refractivity contribution in [3.63, 3.8) is 0 Å². The second kappa shape index (κ2) is 5.11. The van der Waals surface area contributed by atoms with Gasteiger partial charge in [0.1, 0.15) is 17.5 Å². The van der Waals surface area contributed by atoms with E-state index in [2.05, 4.69) is 25.8 Å². The Labute approximate surface area is 113 Å². The maximum atomic E-state index is 8.79. The van der Waals surface area contributed by atoms with Crippen LogP contribution in [0.5, 0.6) is 11.6 Å². The lowest BCUT2D eigenvalue weighted by atomic mass is 9.87. The standard InChI is InChI=1S/C16H16N2O/c1-16(2,3)12-7-9-14(10-8-12)19-15-6-4-5-13(11-17)18-15/h4-10H,1-3H3. The van der Waals surface area contributed by atoms with Gasteiger partial charge in [-0.3, -0.25) is 0 Å². The molecule has 0 radical (unpaired) electrons. The first-order valence-corrected chi connectivity index (χ1v) is 6.14. The molecule has 1 aromatic carbocycles. The van der Waals surface area contributed by atoms with Gasteiger partial charge in [0.05, 0.1) is 0 Å². The molecule has 0 bridgehead atoms. The molecule has 2 rings (SSSR count). The van der Waals surface area contributed by atoms with E-state index in [4.69, 9.17) is 10.00 Å². The van der Waals surface area contributed by atoms with Crippen molar-refractivity contribution in [2.45, 2.75) is 26.2 Å². The summed E-state index contributed by atoms with van der Waals surface area (Å²) in [6.45, 7) is 6.50. The van der Waals surface area contributed by atoms with Gasteiger partial charge in [0, 0.05) is 6.07 Å². The molecule has 0 unspecified atom stereocenters. The third kappa shape index (κ3) is 3.32. The van der Waals surface area contributed by atoms with Gasteiger partial charge in [0.25, 0.3) is 0 Å². The Bertz CT molecular complexity index is 604. The van der Waals surface area contributed by atoms with Gasteiger partial charge in [-0.15, -0.1) is 0 Å². The summed E-state index contributed by atoms with van der Waals surface area (Å²) >= 11 is 0. The van der Waals surface area contributed by atoms with E-state index in [-0.39, 0.29) is 5.41 Å². The fraction of sp³-hybridized carbons (Fsp3) is 0.250. The minimum atomic E-state index is 0.123. The van der Waals surface area contributed by atoms with E-state index in [0.717, 1.165) is 5.75 Å². The van der Waals surface area contributed by atoms with Crippen LogP contribution in [0.4, 0.5) is 0 Å². The summed E-state index contributed by atoms with van der Waals surface area (Å²) in [6.07, 6.45) is 0. The van der Waals surface area contributed by atoms with Crippen LogP contribution < -0.4 is 4.74 Å². The highest BCUT2D eigenvalue weighted by Crippen LogP contribution is 2.26. The van der Waals surface area contributed by atoms with Crippen molar-refractivity contribution in [2.24, 2.45) is 0 Å². The van der Waals surface area contributed by atoms with E-state index < -0.39 is 0 Å². The van der Waals surface area contributed by atoms with Crippen LogP contribution in [-0.2, 0) is 5.41 Å². The fourth-order valence-corrected chi connectivity index (χ4v) is 1.68. The number of ether oxygens (including phenoxy) is 1. The average molecular weight is 252 g/mol. The maximum Gasteiger partial charge on any atom is 0.220 e. The zero-order valence-corrected chi connectivity index (χ0v) is 11.3. The van der Waals surface area contributed by atoms with E-state index in [9.17, 15) is 0 Å². The molecule has 96 valence electrons. The molecule has 3 heteroatoms. The second-order valence-electron chi connectivity index (χ2n) is 5.35. The Kier molecular flexibility index (Phi) is 3.52. The molecule has 2 aromatic rings. The summed E-state index contributed by atoms with van der Waals surface area (Å²) in [5.41, 5.74) is 1.72. The van der Waals surface area contributed by atoms with Crippen LogP contribution in [0.15, 0.2) is 42.5 Å². The molecule has 0 amide bonds. The lowest BCUT2D eigenvalue weighted by Crippen LogP contribution is -2.10. The van der Waals surface area contributed by atoms with Crippen molar-refractivity contribution < 1.29 is 4.74 Å². The molecule has 0 saturated heterocycles. The van der Waals surface area contributed by atoms with Crippen molar-refractivity contribution in [2.75, 3.05) is 0 Å². The Morgan fingerprint density at radius 3 is 2.32 bits per heavy atom. The van der Waals surface area contributed by atoms with Crippen molar-refractivity contribution >= 4 is 0 Å². The summed E-state index contributed by atoms with van der Waals surface area (Å²) < 4.78 is 5.63. The molecule has 0 spiro atoms. The molecule has 0 saturated carbocycles. The third-order valence-electron chi connectivity index (χ3n) is 2.78. The number of hydrogen-bond donors (Lipinski definition) is 0. The zero-order chi connectivity index (χ0) is 13.9. The van der Waals surface area contributed by atoms with Gasteiger partial charge in [-0.1, -0.05) is 39.0 Å². The van der Waals surface area contributed by atoms with Gasteiger partial charge < -0.3 is 4.74 Å². The molecule has 0 atom stereocenters. The predicted octanol–water partition coefficient (Wildman–Crippen LogP) is 4.04. The number of hydrogen-bond acceptors (Lipinski definition) is 3. The largest absolute Gasteiger partial charge is 0.439 e. The number of nitrogens with zero attached hydrogens (tertiary/aromatic N) is 2. The Hall–Kier alpha value is -2.34. The van der Waals surface area contributed by atoms with E-state index in [1.807, 2.05) is 30.3 Å². The third-order valence-corrected chi connectivity index (χ3v) is 2.78. The van der Waals surface area contributed by atoms with E-state index in [1.54, 1.807) is 18.2 Å². The molecule has 19 heavy (non-hydrogen) atoms. The van der Waals surface area contributed by atoms with Crippen LogP contribution >= 0.6 is 0 Å². The molecular weight excluding hydrogens is 236 g/mol. The SMILES string of the molecule is CC(C)(C)c1ccc(Oc2cccc(C#N)n2)cc1. The Balaban J connectivity index is 2.18. The van der Waals surface area contributed by atoms with Crippen LogP contribution in [0.2, 0.25) is 0 Å². The normalized spacial score (nSPS) is 10.8. The Morgan fingerprint density at radius 1 is 1.05 bits per heavy atom. The van der Waals surface area contributed by atoms with E-state index in [0.29, 0.717) is 11.6 Å². The smallest absolute Gasteiger partial charge is 0.220 e. The maximum absolute atomic E-state index is 8.79. The van der Waals surface area contributed by atoms with Gasteiger partial charge in [0.2, 0.25) is 5.88 Å². The Morgan fingerprint density at radius 2 is 1.74 bits per heavy atom. The minimum Gasteiger partial charge on any atom is -0.439 e. The number of benzene rings is 1. The minimum absolute atomic E-state index is 0.123. The first-order chi connectivity index (χ1) is 8.99. The van der Waals surface area contributed by atoms with E-state index in [1.165, 1.54) is 5.56 Å². The van der Waals surface area contributed by atoms with Gasteiger partial charge in [-0.2, -0.15) is 5.26 Å². The zero-order valence-electron chi connectivity index (χ0n) is 11.3. The van der Waals surface area contributed by atoms with Gasteiger partial charge in [-0.25, -0.2) is 4.98 Å². The molecule has 0 N–H and O–H groups in total. The number of aromatic nitrogens is 1. The summed E-state index contributed by atoms with van der Waals surface area (Å²) in [7, 11) is 0. The molecule has 0 aliphatic rings. The molecule has 3 nitrogen and oxygen atoms in total. The molecule has 1 aromatic heterocycles. The molecular formula is C16H16N2O. The summed E-state index contributed by atoms with van der Waals surface area (Å²) in [5.74, 6) is 1.15. The number of pyridine rings is 1. The predicted molar refractivity (Wildman–Crippen MR) is 74.2 cm³/mol. The highest BCUT2D eigenvalue weighted by atomic mass is 16.5. The van der Waals surface area contributed by atoms with Crippen molar-refractivity contribution in [3.05, 3.63) is 53.7 Å². The van der Waals surface area contributed by atoms with Crippen LogP contribution in [0, 0.1) is 11.3 Å². The van der Waals surface area contributed by atoms with Gasteiger partial charge in [-0.05, 0) is 29.2 Å². The summed E-state index contributed by atoms with van der Waals surface area (Å²) in [5, 5.41) is 8.79. The average Bonchev–Trinajstić information content (AvgIpc) is 2.38. The lowest BCUT2D eigenvalue weighted by Gasteiger charge is -2.19. The first kappa shape index (κ1) is 13.1. The van der Waals surface area contributed by atoms with Crippen molar-refractivity contribution in [1.82, 2.24) is 4.98 Å². The van der Waals surface area contributed by atoms with Gasteiger partial charge >= 0.3 is 0 Å². The highest BCUT2D eigenvalue weighted by molar-refractivity contribution is 5.34. The molecule has 1 heterocycles. The van der Waals surface area contributed by atoms with Crippen LogP contribution in [0.25, 0.3) is 0 Å². The quantitative estimate of drug-likeness (QED) is 0.810. The number of rotatable bonds is 2. The lowest BCUT2D eigenvalue weighted by molar-refractivity contribution is 0.461.